The Bertz CT molecular complexity index is 948. The zero-order chi connectivity index (χ0) is 23.9. The molecule has 2 aromatic carbocycles. The van der Waals surface area contributed by atoms with Gasteiger partial charge in [0.15, 0.2) is 0 Å². The zero-order valence-electron chi connectivity index (χ0n) is 20.3. The normalized spacial score (nSPS) is 21.9. The van der Waals surface area contributed by atoms with Gasteiger partial charge in [-0.2, -0.15) is 0 Å². The summed E-state index contributed by atoms with van der Waals surface area (Å²) in [5.41, 5.74) is 2.15. The number of piperidine rings is 1. The number of likely N-dealkylation sites (tertiary alicyclic amines) is 1. The minimum absolute atomic E-state index is 0.151. The number of ether oxygens (including phenoxy) is 2. The van der Waals surface area contributed by atoms with Crippen molar-refractivity contribution in [3.05, 3.63) is 59.9 Å². The minimum atomic E-state index is -0.192. The number of anilines is 1. The van der Waals surface area contributed by atoms with E-state index in [9.17, 15) is 9.18 Å². The topological polar surface area (TPSA) is 45.2 Å². The first-order valence-electron chi connectivity index (χ1n) is 12.2. The number of halogens is 1. The number of rotatable bonds is 8. The Labute approximate surface area is 202 Å². The van der Waals surface area contributed by atoms with Crippen LogP contribution < -0.4 is 9.64 Å². The van der Waals surface area contributed by atoms with Crippen LogP contribution in [-0.4, -0.2) is 75.3 Å². The molecular formula is C27H36FN3O3. The molecule has 2 fully saturated rings. The van der Waals surface area contributed by atoms with Gasteiger partial charge in [0.05, 0.1) is 19.9 Å². The highest BCUT2D eigenvalue weighted by Crippen LogP contribution is 2.31. The van der Waals surface area contributed by atoms with E-state index < -0.39 is 0 Å². The Morgan fingerprint density at radius 2 is 1.82 bits per heavy atom. The van der Waals surface area contributed by atoms with E-state index in [4.69, 9.17) is 9.47 Å². The Kier molecular flexibility index (Phi) is 8.40. The molecule has 2 saturated heterocycles. The molecule has 0 radical (unpaired) electrons. The molecule has 0 bridgehead atoms. The highest BCUT2D eigenvalue weighted by molar-refractivity contribution is 5.69. The molecule has 0 amide bonds. The van der Waals surface area contributed by atoms with Crippen molar-refractivity contribution in [3.63, 3.8) is 0 Å². The lowest BCUT2D eigenvalue weighted by atomic mass is 9.86. The SMILES string of the molecule is COC(=O)CC[C@@H]1CN(Cc2cccc(F)c2)CC[C@@H]1N1CCN(c2ccccc2OC)CC1. The van der Waals surface area contributed by atoms with Crippen LogP contribution in [0.5, 0.6) is 5.75 Å². The zero-order valence-corrected chi connectivity index (χ0v) is 20.3. The van der Waals surface area contributed by atoms with Gasteiger partial charge in [0.25, 0.3) is 0 Å². The third kappa shape index (κ3) is 6.07. The van der Waals surface area contributed by atoms with E-state index in [1.807, 2.05) is 18.2 Å². The molecule has 2 aromatic rings. The van der Waals surface area contributed by atoms with E-state index in [1.54, 1.807) is 19.2 Å². The second-order valence-electron chi connectivity index (χ2n) is 9.29. The second-order valence-corrected chi connectivity index (χ2v) is 9.29. The molecule has 6 nitrogen and oxygen atoms in total. The molecule has 4 rings (SSSR count). The molecule has 0 spiro atoms. The summed E-state index contributed by atoms with van der Waals surface area (Å²) in [4.78, 5) is 19.3. The Balaban J connectivity index is 1.40. The summed E-state index contributed by atoms with van der Waals surface area (Å²) in [7, 11) is 3.17. The largest absolute Gasteiger partial charge is 0.495 e. The lowest BCUT2D eigenvalue weighted by molar-refractivity contribution is -0.141. The third-order valence-corrected chi connectivity index (χ3v) is 7.23. The lowest BCUT2D eigenvalue weighted by Gasteiger charge is -2.47. The van der Waals surface area contributed by atoms with E-state index >= 15 is 0 Å². The number of esters is 1. The highest BCUT2D eigenvalue weighted by atomic mass is 19.1. The van der Waals surface area contributed by atoms with E-state index in [2.05, 4.69) is 26.8 Å². The van der Waals surface area contributed by atoms with Gasteiger partial charge in [-0.1, -0.05) is 24.3 Å². The quantitative estimate of drug-likeness (QED) is 0.548. The fourth-order valence-corrected chi connectivity index (χ4v) is 5.49. The number of carbonyl (C=O) groups is 1. The maximum atomic E-state index is 13.7. The van der Waals surface area contributed by atoms with Crippen LogP contribution in [0.25, 0.3) is 0 Å². The maximum Gasteiger partial charge on any atom is 0.305 e. The van der Waals surface area contributed by atoms with Gasteiger partial charge < -0.3 is 14.4 Å². The van der Waals surface area contributed by atoms with Gasteiger partial charge in [-0.25, -0.2) is 4.39 Å². The van der Waals surface area contributed by atoms with Crippen LogP contribution in [0.15, 0.2) is 48.5 Å². The number of nitrogens with zero attached hydrogens (tertiary/aromatic N) is 3. The Morgan fingerprint density at radius 3 is 2.56 bits per heavy atom. The van der Waals surface area contributed by atoms with Crippen LogP contribution in [0.4, 0.5) is 10.1 Å². The number of benzene rings is 2. The number of methoxy groups -OCH3 is 2. The molecule has 7 heteroatoms. The van der Waals surface area contributed by atoms with E-state index in [0.717, 1.165) is 75.7 Å². The fraction of sp³-hybridized carbons (Fsp3) is 0.519. The monoisotopic (exact) mass is 469 g/mol. The molecule has 2 aliphatic rings. The fourth-order valence-electron chi connectivity index (χ4n) is 5.49. The molecule has 0 aliphatic carbocycles. The highest BCUT2D eigenvalue weighted by Gasteiger charge is 2.35. The van der Waals surface area contributed by atoms with E-state index in [-0.39, 0.29) is 11.8 Å². The van der Waals surface area contributed by atoms with Crippen LogP contribution in [0.1, 0.15) is 24.8 Å². The number of piperazine rings is 1. The van der Waals surface area contributed by atoms with Gasteiger partial charge in [-0.3, -0.25) is 14.6 Å². The average Bonchev–Trinajstić information content (AvgIpc) is 2.87. The van der Waals surface area contributed by atoms with Crippen molar-refractivity contribution in [2.75, 3.05) is 58.4 Å². The molecule has 34 heavy (non-hydrogen) atoms. The summed E-state index contributed by atoms with van der Waals surface area (Å²) in [5, 5.41) is 0. The molecule has 2 atom stereocenters. The summed E-state index contributed by atoms with van der Waals surface area (Å²) in [6, 6.07) is 15.5. The van der Waals surface area contributed by atoms with Crippen LogP contribution >= 0.6 is 0 Å². The van der Waals surface area contributed by atoms with Gasteiger partial charge in [-0.05, 0) is 55.1 Å². The van der Waals surface area contributed by atoms with Gasteiger partial charge in [0.2, 0.25) is 0 Å². The summed E-state index contributed by atoms with van der Waals surface area (Å²) in [6.45, 7) is 6.50. The standard InChI is InChI=1S/C27H36FN3O3/c1-33-26-9-4-3-8-25(26)31-16-14-30(15-17-31)24-12-13-29(19-21-6-5-7-23(28)18-21)20-22(24)10-11-27(32)34-2/h3-9,18,22,24H,10-17,19-20H2,1-2H3/t22-,24+/m1/s1. The van der Waals surface area contributed by atoms with Crippen LogP contribution in [0.2, 0.25) is 0 Å². The Morgan fingerprint density at radius 1 is 1.03 bits per heavy atom. The lowest BCUT2D eigenvalue weighted by Crippen LogP contribution is -2.56. The summed E-state index contributed by atoms with van der Waals surface area (Å²) in [5.74, 6) is 0.946. The molecule has 2 aliphatic heterocycles. The van der Waals surface area contributed by atoms with Gasteiger partial charge in [-0.15, -0.1) is 0 Å². The maximum absolute atomic E-state index is 13.7. The van der Waals surface area contributed by atoms with Crippen molar-refractivity contribution in [1.82, 2.24) is 9.80 Å². The third-order valence-electron chi connectivity index (χ3n) is 7.23. The number of hydrogen-bond acceptors (Lipinski definition) is 6. The van der Waals surface area contributed by atoms with Gasteiger partial charge in [0, 0.05) is 51.7 Å². The molecular weight excluding hydrogens is 433 g/mol. The van der Waals surface area contributed by atoms with Crippen LogP contribution in [0.3, 0.4) is 0 Å². The van der Waals surface area contributed by atoms with Crippen molar-refractivity contribution >= 4 is 11.7 Å². The molecule has 0 aromatic heterocycles. The van der Waals surface area contributed by atoms with Crippen molar-refractivity contribution in [1.29, 1.82) is 0 Å². The number of para-hydroxylation sites is 2. The van der Waals surface area contributed by atoms with E-state index in [0.29, 0.717) is 18.4 Å². The molecule has 0 saturated carbocycles. The average molecular weight is 470 g/mol. The molecule has 184 valence electrons. The number of hydrogen-bond donors (Lipinski definition) is 0. The van der Waals surface area contributed by atoms with Crippen molar-refractivity contribution in [2.24, 2.45) is 5.92 Å². The van der Waals surface area contributed by atoms with Crippen LogP contribution in [-0.2, 0) is 16.1 Å². The first-order chi connectivity index (χ1) is 16.6. The molecule has 0 N–H and O–H groups in total. The molecule has 0 unspecified atom stereocenters. The number of carbonyl (C=O) groups excluding carboxylic acids is 1. The first-order valence-corrected chi connectivity index (χ1v) is 12.2. The summed E-state index contributed by atoms with van der Waals surface area (Å²) >= 11 is 0. The van der Waals surface area contributed by atoms with Gasteiger partial charge in [0.1, 0.15) is 11.6 Å². The van der Waals surface area contributed by atoms with E-state index in [1.165, 1.54) is 13.2 Å². The van der Waals surface area contributed by atoms with Crippen molar-refractivity contribution < 1.29 is 18.7 Å². The summed E-state index contributed by atoms with van der Waals surface area (Å²) in [6.07, 6.45) is 2.30. The second kappa shape index (κ2) is 11.7. The smallest absolute Gasteiger partial charge is 0.305 e. The van der Waals surface area contributed by atoms with Crippen molar-refractivity contribution in [3.8, 4) is 5.75 Å². The summed E-state index contributed by atoms with van der Waals surface area (Å²) < 4.78 is 24.1. The minimum Gasteiger partial charge on any atom is -0.495 e. The van der Waals surface area contributed by atoms with Crippen molar-refractivity contribution in [2.45, 2.75) is 31.8 Å². The molecule has 2 heterocycles. The van der Waals surface area contributed by atoms with Gasteiger partial charge >= 0.3 is 5.97 Å². The predicted molar refractivity (Wildman–Crippen MR) is 132 cm³/mol. The van der Waals surface area contributed by atoms with Crippen LogP contribution in [0, 0.1) is 11.7 Å². The predicted octanol–water partition coefficient (Wildman–Crippen LogP) is 3.80. The Hall–Kier alpha value is -2.64. The first kappa shape index (κ1) is 24.5.